The topological polar surface area (TPSA) is 20.2 Å². The Balaban J connectivity index is 3.33. The lowest BCUT2D eigenvalue weighted by Crippen LogP contribution is -2.21. The molecule has 0 saturated carbocycles. The zero-order valence-electron chi connectivity index (χ0n) is 8.36. The van der Waals surface area contributed by atoms with Gasteiger partial charge in [-0.2, -0.15) is 13.2 Å². The second kappa shape index (κ2) is 4.78. The second-order valence-electron chi connectivity index (χ2n) is 3.37. The number of halogens is 6. The number of aliphatic hydroxyl groups is 1. The highest BCUT2D eigenvalue weighted by Gasteiger charge is 2.42. The molecule has 0 spiro atoms. The van der Waals surface area contributed by atoms with Gasteiger partial charge < -0.3 is 5.11 Å². The van der Waals surface area contributed by atoms with Crippen LogP contribution in [-0.2, 0) is 12.1 Å². The molecule has 7 heteroatoms. The summed E-state index contributed by atoms with van der Waals surface area (Å²) in [6.07, 6.45) is -5.99. The molecule has 0 aliphatic rings. The molecule has 0 aliphatic carbocycles. The molecule has 0 aromatic heterocycles. The molecule has 0 saturated heterocycles. The van der Waals surface area contributed by atoms with Crippen LogP contribution >= 0.6 is 11.6 Å². The van der Waals surface area contributed by atoms with Crippen LogP contribution < -0.4 is 0 Å². The molecule has 17 heavy (non-hydrogen) atoms. The number of hydrogen-bond donors (Lipinski definition) is 1. The summed E-state index contributed by atoms with van der Waals surface area (Å²) in [6.45, 7) is -0.910. The minimum absolute atomic E-state index is 0.277. The van der Waals surface area contributed by atoms with E-state index < -0.39 is 36.3 Å². The Morgan fingerprint density at radius 2 is 1.65 bits per heavy atom. The van der Waals surface area contributed by atoms with Gasteiger partial charge in [-0.15, -0.1) is 0 Å². The van der Waals surface area contributed by atoms with Crippen molar-refractivity contribution < 1.29 is 27.1 Å². The summed E-state index contributed by atoms with van der Waals surface area (Å²) in [5.41, 5.74) is -2.66. The molecule has 0 amide bonds. The smallest absolute Gasteiger partial charge is 0.396 e. The van der Waals surface area contributed by atoms with Gasteiger partial charge in [-0.1, -0.05) is 17.7 Å². The van der Waals surface area contributed by atoms with Crippen LogP contribution in [-0.4, -0.2) is 11.7 Å². The second-order valence-corrected chi connectivity index (χ2v) is 3.80. The van der Waals surface area contributed by atoms with Gasteiger partial charge >= 0.3 is 6.18 Å². The third kappa shape index (κ3) is 3.29. The lowest BCUT2D eigenvalue weighted by atomic mass is 9.99. The molecule has 0 radical (unpaired) electrons. The van der Waals surface area contributed by atoms with Crippen molar-refractivity contribution in [1.82, 2.24) is 0 Å². The van der Waals surface area contributed by atoms with E-state index in [0.717, 1.165) is 6.07 Å². The van der Waals surface area contributed by atoms with Crippen molar-refractivity contribution in [2.45, 2.75) is 18.5 Å². The van der Waals surface area contributed by atoms with Crippen molar-refractivity contribution in [3.05, 3.63) is 34.3 Å². The molecule has 0 heterocycles. The van der Waals surface area contributed by atoms with Crippen molar-refractivity contribution in [3.63, 3.8) is 0 Å². The highest BCUT2D eigenvalue weighted by atomic mass is 35.5. The summed E-state index contributed by atoms with van der Waals surface area (Å²) in [5, 5.41) is 8.15. The minimum Gasteiger partial charge on any atom is -0.396 e. The largest absolute Gasteiger partial charge is 0.416 e. The molecule has 0 fully saturated rings. The molecule has 1 nitrogen and oxygen atoms in total. The predicted molar refractivity (Wildman–Crippen MR) is 52.1 cm³/mol. The van der Waals surface area contributed by atoms with E-state index in [2.05, 4.69) is 0 Å². The Morgan fingerprint density at radius 1 is 1.06 bits per heavy atom. The predicted octanol–water partition coefficient (Wildman–Crippen LogP) is 3.83. The molecule has 0 atom stereocenters. The van der Waals surface area contributed by atoms with Gasteiger partial charge in [-0.05, 0) is 12.1 Å². The van der Waals surface area contributed by atoms with Crippen molar-refractivity contribution >= 4 is 11.6 Å². The molecule has 0 bridgehead atoms. The van der Waals surface area contributed by atoms with Crippen LogP contribution in [0.4, 0.5) is 22.0 Å². The lowest BCUT2D eigenvalue weighted by molar-refractivity contribution is -0.142. The van der Waals surface area contributed by atoms with Gasteiger partial charge in [0.1, 0.15) is 0 Å². The number of aliphatic hydroxyl groups excluding tert-OH is 1. The lowest BCUT2D eigenvalue weighted by Gasteiger charge is -2.20. The third-order valence-electron chi connectivity index (χ3n) is 2.11. The van der Waals surface area contributed by atoms with Gasteiger partial charge in [0.15, 0.2) is 0 Å². The summed E-state index contributed by atoms with van der Waals surface area (Å²) in [7, 11) is 0. The monoisotopic (exact) mass is 274 g/mol. The van der Waals surface area contributed by atoms with E-state index in [9.17, 15) is 22.0 Å². The third-order valence-corrected chi connectivity index (χ3v) is 2.34. The minimum atomic E-state index is -4.92. The fraction of sp³-hybridized carbons (Fsp3) is 0.400. The van der Waals surface area contributed by atoms with Crippen LogP contribution in [0, 0.1) is 0 Å². The van der Waals surface area contributed by atoms with Crippen LogP contribution in [0.15, 0.2) is 18.2 Å². The van der Waals surface area contributed by atoms with Crippen molar-refractivity contribution in [1.29, 1.82) is 0 Å². The molecule has 1 N–H and O–H groups in total. The Hall–Kier alpha value is -0.880. The van der Waals surface area contributed by atoms with E-state index in [1.807, 2.05) is 0 Å². The van der Waals surface area contributed by atoms with Crippen molar-refractivity contribution in [2.24, 2.45) is 0 Å². The Kier molecular flexibility index (Phi) is 3.99. The molecule has 1 rings (SSSR count). The normalized spacial score (nSPS) is 12.9. The number of hydrogen-bond acceptors (Lipinski definition) is 1. The van der Waals surface area contributed by atoms with Gasteiger partial charge in [-0.25, -0.2) is 8.78 Å². The van der Waals surface area contributed by atoms with Crippen LogP contribution in [0.25, 0.3) is 0 Å². The number of benzene rings is 1. The first-order valence-corrected chi connectivity index (χ1v) is 4.92. The van der Waals surface area contributed by atoms with Crippen LogP contribution in [0.1, 0.15) is 17.5 Å². The van der Waals surface area contributed by atoms with E-state index in [-0.39, 0.29) is 5.02 Å². The average molecular weight is 275 g/mol. The fourth-order valence-corrected chi connectivity index (χ4v) is 1.52. The van der Waals surface area contributed by atoms with Crippen molar-refractivity contribution in [2.75, 3.05) is 6.61 Å². The number of alkyl halides is 5. The average Bonchev–Trinajstić information content (AvgIpc) is 2.15. The summed E-state index contributed by atoms with van der Waals surface area (Å²) in [4.78, 5) is 0. The highest BCUT2D eigenvalue weighted by Crippen LogP contribution is 2.41. The van der Waals surface area contributed by atoms with Gasteiger partial charge in [0, 0.05) is 23.6 Å². The quantitative estimate of drug-likeness (QED) is 0.831. The Labute approximate surface area is 98.8 Å². The maximum Gasteiger partial charge on any atom is 0.416 e. The van der Waals surface area contributed by atoms with Crippen LogP contribution in [0.5, 0.6) is 0 Å². The zero-order chi connectivity index (χ0) is 13.3. The molecule has 96 valence electrons. The molecular formula is C10H8ClF5O. The molecule has 1 aromatic rings. The van der Waals surface area contributed by atoms with Gasteiger partial charge in [0.25, 0.3) is 5.92 Å². The Bertz CT molecular complexity index is 402. The fourth-order valence-electron chi connectivity index (χ4n) is 1.35. The standard InChI is InChI=1S/C10H8ClF5O/c11-6-1-2-7(9(12,13)3-4-17)8(5-6)10(14,15)16/h1-2,5,17H,3-4H2. The Morgan fingerprint density at radius 3 is 2.12 bits per heavy atom. The van der Waals surface area contributed by atoms with E-state index >= 15 is 0 Å². The molecule has 0 aliphatic heterocycles. The summed E-state index contributed by atoms with van der Waals surface area (Å²) in [6, 6.07) is 2.03. The van der Waals surface area contributed by atoms with Crippen molar-refractivity contribution in [3.8, 4) is 0 Å². The molecule has 1 aromatic carbocycles. The van der Waals surface area contributed by atoms with E-state index in [0.29, 0.717) is 12.1 Å². The summed E-state index contributed by atoms with van der Waals surface area (Å²) in [5.74, 6) is -3.75. The van der Waals surface area contributed by atoms with Crippen LogP contribution in [0.2, 0.25) is 5.02 Å². The van der Waals surface area contributed by atoms with E-state index in [1.54, 1.807) is 0 Å². The van der Waals surface area contributed by atoms with E-state index in [1.165, 1.54) is 0 Å². The van der Waals surface area contributed by atoms with E-state index in [4.69, 9.17) is 16.7 Å². The molecular weight excluding hydrogens is 267 g/mol. The van der Waals surface area contributed by atoms with Crippen LogP contribution in [0.3, 0.4) is 0 Å². The highest BCUT2D eigenvalue weighted by molar-refractivity contribution is 6.30. The molecule has 0 unspecified atom stereocenters. The first-order valence-electron chi connectivity index (χ1n) is 4.54. The summed E-state index contributed by atoms with van der Waals surface area (Å²) >= 11 is 5.36. The maximum atomic E-state index is 13.4. The first-order chi connectivity index (χ1) is 7.68. The maximum absolute atomic E-state index is 13.4. The van der Waals surface area contributed by atoms with Gasteiger partial charge in [0.2, 0.25) is 0 Å². The first kappa shape index (κ1) is 14.2. The SMILES string of the molecule is OCCC(F)(F)c1ccc(Cl)cc1C(F)(F)F. The van der Waals surface area contributed by atoms with Gasteiger partial charge in [-0.3, -0.25) is 0 Å². The zero-order valence-corrected chi connectivity index (χ0v) is 9.12. The number of rotatable bonds is 3. The summed E-state index contributed by atoms with van der Waals surface area (Å²) < 4.78 is 64.4. The van der Waals surface area contributed by atoms with Gasteiger partial charge in [0.05, 0.1) is 5.56 Å².